The molecule has 1 aliphatic heterocycles. The minimum Gasteiger partial charge on any atom is -0.389 e. The Hall–Kier alpha value is -0.160. The second kappa shape index (κ2) is 7.58. The molecule has 0 amide bonds. The molecule has 0 radical (unpaired) electrons. The molecule has 0 aromatic heterocycles. The Balaban J connectivity index is 2.21. The van der Waals surface area contributed by atoms with Gasteiger partial charge in [-0.3, -0.25) is 0 Å². The van der Waals surface area contributed by atoms with Crippen molar-refractivity contribution in [3.8, 4) is 0 Å². The summed E-state index contributed by atoms with van der Waals surface area (Å²) in [5, 5.41) is 10.0. The highest BCUT2D eigenvalue weighted by Crippen LogP contribution is 2.33. The summed E-state index contributed by atoms with van der Waals surface area (Å²) in [6, 6.07) is 0. The predicted molar refractivity (Wildman–Crippen MR) is 77.3 cm³/mol. The first kappa shape index (κ1) is 16.9. The Bertz CT molecular complexity index is 252. The number of β-amino-alcohol motifs (C(OH)–C–C–N with tert-alkyl or cyclic N) is 1. The Morgan fingerprint density at radius 1 is 1.32 bits per heavy atom. The number of ether oxygens (including phenoxy) is 2. The molecule has 0 bridgehead atoms. The van der Waals surface area contributed by atoms with Crippen LogP contribution < -0.4 is 0 Å². The zero-order chi connectivity index (χ0) is 14.5. The number of rotatable bonds is 7. The molecule has 1 aliphatic rings. The van der Waals surface area contributed by atoms with Crippen LogP contribution in [0.5, 0.6) is 0 Å². The zero-order valence-electron chi connectivity index (χ0n) is 13.2. The van der Waals surface area contributed by atoms with Gasteiger partial charge in [0.1, 0.15) is 0 Å². The lowest BCUT2D eigenvalue weighted by Crippen LogP contribution is -2.35. The molecule has 1 heterocycles. The van der Waals surface area contributed by atoms with Crippen molar-refractivity contribution in [3.05, 3.63) is 0 Å². The van der Waals surface area contributed by atoms with Gasteiger partial charge in [0.25, 0.3) is 0 Å². The van der Waals surface area contributed by atoms with Crippen LogP contribution in [0.4, 0.5) is 0 Å². The fourth-order valence-electron chi connectivity index (χ4n) is 2.61. The van der Waals surface area contributed by atoms with E-state index in [1.807, 2.05) is 6.92 Å². The summed E-state index contributed by atoms with van der Waals surface area (Å²) in [6.07, 6.45) is 0.871. The van der Waals surface area contributed by atoms with Gasteiger partial charge in [-0.2, -0.15) is 0 Å². The number of likely N-dealkylation sites (tertiary alicyclic amines) is 1. The van der Waals surface area contributed by atoms with Crippen LogP contribution in [0, 0.1) is 11.3 Å². The third-order valence-electron chi connectivity index (χ3n) is 3.94. The zero-order valence-corrected chi connectivity index (χ0v) is 13.2. The van der Waals surface area contributed by atoms with E-state index in [1.54, 1.807) is 7.11 Å². The average molecular weight is 273 g/mol. The van der Waals surface area contributed by atoms with Gasteiger partial charge in [-0.25, -0.2) is 0 Å². The summed E-state index contributed by atoms with van der Waals surface area (Å²) in [4.78, 5) is 2.35. The lowest BCUT2D eigenvalue weighted by atomic mass is 9.80. The summed E-state index contributed by atoms with van der Waals surface area (Å²) in [6.45, 7) is 12.7. The molecule has 4 heteroatoms. The van der Waals surface area contributed by atoms with Crippen molar-refractivity contribution in [2.24, 2.45) is 11.3 Å². The summed E-state index contributed by atoms with van der Waals surface area (Å²) in [5.74, 6) is 0.730. The Morgan fingerprint density at radius 3 is 2.53 bits per heavy atom. The highest BCUT2D eigenvalue weighted by molar-refractivity contribution is 4.84. The van der Waals surface area contributed by atoms with Crippen LogP contribution in [0.15, 0.2) is 0 Å². The number of aliphatic hydroxyl groups excluding tert-OH is 1. The molecule has 0 spiro atoms. The van der Waals surface area contributed by atoms with E-state index in [-0.39, 0.29) is 6.10 Å². The van der Waals surface area contributed by atoms with Gasteiger partial charge in [0, 0.05) is 20.2 Å². The highest BCUT2D eigenvalue weighted by Gasteiger charge is 2.32. The molecule has 1 fully saturated rings. The fraction of sp³-hybridized carbons (Fsp3) is 1.00. The molecule has 4 nitrogen and oxygen atoms in total. The summed E-state index contributed by atoms with van der Waals surface area (Å²) in [5.41, 5.74) is 0.364. The third kappa shape index (κ3) is 6.21. The van der Waals surface area contributed by atoms with Gasteiger partial charge in [-0.1, -0.05) is 20.8 Å². The summed E-state index contributed by atoms with van der Waals surface area (Å²) >= 11 is 0. The average Bonchev–Trinajstić information content (AvgIpc) is 2.75. The van der Waals surface area contributed by atoms with Crippen molar-refractivity contribution in [2.75, 3.05) is 40.0 Å². The van der Waals surface area contributed by atoms with Crippen molar-refractivity contribution in [1.82, 2.24) is 4.90 Å². The lowest BCUT2D eigenvalue weighted by molar-refractivity contribution is -0.0386. The molecule has 0 saturated carbocycles. The SMILES string of the molecule is COCC(C)OCC(O)CN1CCC(C(C)(C)C)C1. The monoisotopic (exact) mass is 273 g/mol. The van der Waals surface area contributed by atoms with Crippen molar-refractivity contribution in [3.63, 3.8) is 0 Å². The molecule has 0 aliphatic carbocycles. The fourth-order valence-corrected chi connectivity index (χ4v) is 2.61. The maximum atomic E-state index is 10.0. The van der Waals surface area contributed by atoms with E-state index in [0.29, 0.717) is 25.2 Å². The minimum absolute atomic E-state index is 0.0422. The van der Waals surface area contributed by atoms with E-state index >= 15 is 0 Å². The van der Waals surface area contributed by atoms with E-state index in [0.717, 1.165) is 19.0 Å². The molecule has 1 rings (SSSR count). The van der Waals surface area contributed by atoms with Gasteiger partial charge < -0.3 is 19.5 Å². The molecule has 114 valence electrons. The van der Waals surface area contributed by atoms with Gasteiger partial charge in [-0.05, 0) is 31.2 Å². The van der Waals surface area contributed by atoms with Crippen LogP contribution in [-0.4, -0.2) is 62.2 Å². The summed E-state index contributed by atoms with van der Waals surface area (Å²) < 4.78 is 10.6. The van der Waals surface area contributed by atoms with E-state index in [9.17, 15) is 5.11 Å². The van der Waals surface area contributed by atoms with E-state index in [4.69, 9.17) is 9.47 Å². The molecular weight excluding hydrogens is 242 g/mol. The van der Waals surface area contributed by atoms with Crippen molar-refractivity contribution in [1.29, 1.82) is 0 Å². The Kier molecular flexibility index (Phi) is 6.74. The maximum Gasteiger partial charge on any atom is 0.0900 e. The molecular formula is C15H31NO3. The van der Waals surface area contributed by atoms with Crippen molar-refractivity contribution < 1.29 is 14.6 Å². The standard InChI is InChI=1S/C15H31NO3/c1-12(10-18-5)19-11-14(17)9-16-7-6-13(8-16)15(2,3)4/h12-14,17H,6-11H2,1-5H3. The van der Waals surface area contributed by atoms with Crippen LogP contribution >= 0.6 is 0 Å². The Labute approximate surface area is 118 Å². The smallest absolute Gasteiger partial charge is 0.0900 e. The summed E-state index contributed by atoms with van der Waals surface area (Å²) in [7, 11) is 1.66. The van der Waals surface area contributed by atoms with E-state index in [1.165, 1.54) is 6.42 Å². The largest absolute Gasteiger partial charge is 0.389 e. The third-order valence-corrected chi connectivity index (χ3v) is 3.94. The first-order valence-corrected chi connectivity index (χ1v) is 7.34. The molecule has 3 unspecified atom stereocenters. The van der Waals surface area contributed by atoms with Gasteiger partial charge in [0.2, 0.25) is 0 Å². The molecule has 0 aromatic rings. The van der Waals surface area contributed by atoms with Crippen LogP contribution in [0.1, 0.15) is 34.1 Å². The molecule has 1 N–H and O–H groups in total. The predicted octanol–water partition coefficient (Wildman–Crippen LogP) is 1.77. The first-order chi connectivity index (χ1) is 8.82. The van der Waals surface area contributed by atoms with Crippen LogP contribution in [-0.2, 0) is 9.47 Å². The van der Waals surface area contributed by atoms with E-state index in [2.05, 4.69) is 25.7 Å². The van der Waals surface area contributed by atoms with Crippen LogP contribution in [0.2, 0.25) is 0 Å². The van der Waals surface area contributed by atoms with Crippen LogP contribution in [0.25, 0.3) is 0 Å². The van der Waals surface area contributed by atoms with Gasteiger partial charge >= 0.3 is 0 Å². The molecule has 1 saturated heterocycles. The van der Waals surface area contributed by atoms with E-state index < -0.39 is 6.10 Å². The topological polar surface area (TPSA) is 41.9 Å². The maximum absolute atomic E-state index is 10.0. The number of methoxy groups -OCH3 is 1. The van der Waals surface area contributed by atoms with Gasteiger partial charge in [0.15, 0.2) is 0 Å². The second-order valence-corrected chi connectivity index (χ2v) is 6.86. The minimum atomic E-state index is -0.405. The molecule has 0 aromatic carbocycles. The number of hydrogen-bond donors (Lipinski definition) is 1. The number of hydrogen-bond acceptors (Lipinski definition) is 4. The van der Waals surface area contributed by atoms with Gasteiger partial charge in [-0.15, -0.1) is 0 Å². The normalized spacial score (nSPS) is 24.6. The highest BCUT2D eigenvalue weighted by atomic mass is 16.5. The first-order valence-electron chi connectivity index (χ1n) is 7.34. The van der Waals surface area contributed by atoms with Crippen LogP contribution in [0.3, 0.4) is 0 Å². The molecule has 19 heavy (non-hydrogen) atoms. The quantitative estimate of drug-likeness (QED) is 0.767. The van der Waals surface area contributed by atoms with Gasteiger partial charge in [0.05, 0.1) is 25.4 Å². The number of aliphatic hydroxyl groups is 1. The Morgan fingerprint density at radius 2 is 2.00 bits per heavy atom. The lowest BCUT2D eigenvalue weighted by Gasteiger charge is -2.27. The molecule has 3 atom stereocenters. The van der Waals surface area contributed by atoms with Crippen molar-refractivity contribution >= 4 is 0 Å². The van der Waals surface area contributed by atoms with Crippen molar-refractivity contribution in [2.45, 2.75) is 46.3 Å². The number of nitrogens with zero attached hydrogens (tertiary/aromatic N) is 1. The second-order valence-electron chi connectivity index (χ2n) is 6.86.